The molecular formula is C6H13NO3S. The van der Waals surface area contributed by atoms with E-state index < -0.39 is 11.4 Å². The average molecular weight is 179 g/mol. The van der Waals surface area contributed by atoms with Crippen LogP contribution >= 0.6 is 11.8 Å². The number of aliphatic hydroxyl groups is 1. The SMILES string of the molecule is COC(=O)C(O)SC(C)CN. The van der Waals surface area contributed by atoms with Crippen LogP contribution in [0, 0.1) is 0 Å². The Kier molecular flexibility index (Phi) is 5.27. The van der Waals surface area contributed by atoms with Crippen LogP contribution in [-0.2, 0) is 9.53 Å². The molecule has 0 aromatic heterocycles. The molecule has 0 fully saturated rings. The van der Waals surface area contributed by atoms with Gasteiger partial charge in [0.1, 0.15) is 0 Å². The highest BCUT2D eigenvalue weighted by Gasteiger charge is 2.17. The second-order valence-electron chi connectivity index (χ2n) is 2.06. The van der Waals surface area contributed by atoms with Crippen LogP contribution in [0.3, 0.4) is 0 Å². The number of carbonyl (C=O) groups excluding carboxylic acids is 1. The number of esters is 1. The Balaban J connectivity index is 3.67. The van der Waals surface area contributed by atoms with Crippen LogP contribution in [0.2, 0.25) is 0 Å². The lowest BCUT2D eigenvalue weighted by Crippen LogP contribution is -2.23. The zero-order chi connectivity index (χ0) is 8.85. The van der Waals surface area contributed by atoms with Gasteiger partial charge in [-0.1, -0.05) is 6.92 Å². The van der Waals surface area contributed by atoms with E-state index in [2.05, 4.69) is 4.74 Å². The summed E-state index contributed by atoms with van der Waals surface area (Å²) in [6.07, 6.45) is 0. The van der Waals surface area contributed by atoms with E-state index in [0.717, 1.165) is 11.8 Å². The van der Waals surface area contributed by atoms with E-state index in [-0.39, 0.29) is 5.25 Å². The summed E-state index contributed by atoms with van der Waals surface area (Å²) in [5.41, 5.74) is 4.17. The van der Waals surface area contributed by atoms with Crippen molar-refractivity contribution in [2.45, 2.75) is 17.6 Å². The van der Waals surface area contributed by atoms with E-state index in [0.29, 0.717) is 6.54 Å². The molecular weight excluding hydrogens is 166 g/mol. The third-order valence-electron chi connectivity index (χ3n) is 1.10. The fourth-order valence-electron chi connectivity index (χ4n) is 0.432. The molecule has 4 nitrogen and oxygen atoms in total. The fraction of sp³-hybridized carbons (Fsp3) is 0.833. The minimum Gasteiger partial charge on any atom is -0.466 e. The first-order chi connectivity index (χ1) is 5.11. The van der Waals surface area contributed by atoms with Gasteiger partial charge in [0, 0.05) is 11.8 Å². The van der Waals surface area contributed by atoms with E-state index in [1.165, 1.54) is 7.11 Å². The fourth-order valence-corrected chi connectivity index (χ4v) is 1.19. The van der Waals surface area contributed by atoms with Gasteiger partial charge in [-0.25, -0.2) is 4.79 Å². The molecule has 0 bridgehead atoms. The van der Waals surface area contributed by atoms with Crippen LogP contribution in [-0.4, -0.2) is 35.4 Å². The van der Waals surface area contributed by atoms with Gasteiger partial charge >= 0.3 is 5.97 Å². The molecule has 11 heavy (non-hydrogen) atoms. The van der Waals surface area contributed by atoms with Crippen LogP contribution in [0.4, 0.5) is 0 Å². The predicted molar refractivity (Wildman–Crippen MR) is 44.1 cm³/mol. The third-order valence-corrected chi connectivity index (χ3v) is 2.20. The molecule has 2 unspecified atom stereocenters. The predicted octanol–water partition coefficient (Wildman–Crippen LogP) is -0.442. The van der Waals surface area contributed by atoms with Crippen LogP contribution < -0.4 is 5.73 Å². The summed E-state index contributed by atoms with van der Waals surface area (Å²) in [7, 11) is 1.24. The van der Waals surface area contributed by atoms with Crippen molar-refractivity contribution in [1.29, 1.82) is 0 Å². The lowest BCUT2D eigenvalue weighted by Gasteiger charge is -2.11. The van der Waals surface area contributed by atoms with Gasteiger partial charge in [-0.2, -0.15) is 0 Å². The monoisotopic (exact) mass is 179 g/mol. The van der Waals surface area contributed by atoms with Gasteiger partial charge in [-0.15, -0.1) is 11.8 Å². The van der Waals surface area contributed by atoms with Crippen LogP contribution in [0.25, 0.3) is 0 Å². The number of methoxy groups -OCH3 is 1. The number of thioether (sulfide) groups is 1. The second-order valence-corrected chi connectivity index (χ2v) is 3.58. The third kappa shape index (κ3) is 4.23. The molecule has 0 aromatic rings. The van der Waals surface area contributed by atoms with E-state index >= 15 is 0 Å². The summed E-state index contributed by atoms with van der Waals surface area (Å²) in [5.74, 6) is -0.629. The van der Waals surface area contributed by atoms with Crippen molar-refractivity contribution in [2.24, 2.45) is 5.73 Å². The standard InChI is InChI=1S/C6H13NO3S/c1-4(3-7)11-6(9)5(8)10-2/h4,6,9H,3,7H2,1-2H3. The topological polar surface area (TPSA) is 72.5 Å². The summed E-state index contributed by atoms with van der Waals surface area (Å²) in [6, 6.07) is 0. The molecule has 0 aliphatic heterocycles. The van der Waals surface area contributed by atoms with Gasteiger partial charge in [0.25, 0.3) is 0 Å². The molecule has 0 amide bonds. The number of hydrogen-bond acceptors (Lipinski definition) is 5. The Hall–Kier alpha value is -0.260. The molecule has 0 rings (SSSR count). The van der Waals surface area contributed by atoms with Gasteiger partial charge in [-0.05, 0) is 0 Å². The molecule has 0 radical (unpaired) electrons. The number of rotatable bonds is 4. The maximum atomic E-state index is 10.6. The molecule has 0 spiro atoms. The van der Waals surface area contributed by atoms with Crippen molar-refractivity contribution in [1.82, 2.24) is 0 Å². The Morgan fingerprint density at radius 2 is 2.36 bits per heavy atom. The summed E-state index contributed by atoms with van der Waals surface area (Å²) in [6.45, 7) is 2.26. The van der Waals surface area contributed by atoms with E-state index in [1.807, 2.05) is 6.92 Å². The first-order valence-corrected chi connectivity index (χ1v) is 4.17. The minimum absolute atomic E-state index is 0.0594. The number of hydrogen-bond donors (Lipinski definition) is 2. The van der Waals surface area contributed by atoms with Crippen LogP contribution in [0.15, 0.2) is 0 Å². The van der Waals surface area contributed by atoms with Crippen LogP contribution in [0.1, 0.15) is 6.92 Å². The highest BCUT2D eigenvalue weighted by Crippen LogP contribution is 2.15. The summed E-state index contributed by atoms with van der Waals surface area (Å²) in [5, 5.41) is 9.11. The van der Waals surface area contributed by atoms with Gasteiger partial charge in [0.2, 0.25) is 0 Å². The minimum atomic E-state index is -1.11. The van der Waals surface area contributed by atoms with Gasteiger partial charge in [0.15, 0.2) is 5.44 Å². The molecule has 3 N–H and O–H groups in total. The van der Waals surface area contributed by atoms with Crippen molar-refractivity contribution in [3.63, 3.8) is 0 Å². The first kappa shape index (κ1) is 10.7. The van der Waals surface area contributed by atoms with E-state index in [9.17, 15) is 4.79 Å². The molecule has 0 saturated heterocycles. The quantitative estimate of drug-likeness (QED) is 0.452. The second kappa shape index (κ2) is 5.40. The number of ether oxygens (including phenoxy) is 1. The molecule has 66 valence electrons. The maximum Gasteiger partial charge on any atom is 0.345 e. The van der Waals surface area contributed by atoms with E-state index in [1.54, 1.807) is 0 Å². The smallest absolute Gasteiger partial charge is 0.345 e. The largest absolute Gasteiger partial charge is 0.466 e. The molecule has 0 heterocycles. The molecule has 2 atom stereocenters. The van der Waals surface area contributed by atoms with Crippen LogP contribution in [0.5, 0.6) is 0 Å². The van der Waals surface area contributed by atoms with Crippen molar-refractivity contribution in [3.8, 4) is 0 Å². The zero-order valence-corrected chi connectivity index (χ0v) is 7.43. The number of carbonyl (C=O) groups is 1. The van der Waals surface area contributed by atoms with Gasteiger partial charge in [0.05, 0.1) is 7.11 Å². The number of nitrogens with two attached hydrogens (primary N) is 1. The van der Waals surface area contributed by atoms with Crippen molar-refractivity contribution in [2.75, 3.05) is 13.7 Å². The lowest BCUT2D eigenvalue weighted by atomic mass is 10.5. The number of aliphatic hydroxyl groups excluding tert-OH is 1. The van der Waals surface area contributed by atoms with Crippen molar-refractivity contribution < 1.29 is 14.6 Å². The molecule has 5 heteroatoms. The summed E-state index contributed by atoms with van der Waals surface area (Å²) >= 11 is 1.09. The first-order valence-electron chi connectivity index (χ1n) is 3.23. The highest BCUT2D eigenvalue weighted by molar-refractivity contribution is 8.01. The van der Waals surface area contributed by atoms with Crippen molar-refractivity contribution in [3.05, 3.63) is 0 Å². The molecule has 0 saturated carbocycles. The Morgan fingerprint density at radius 1 is 1.82 bits per heavy atom. The van der Waals surface area contributed by atoms with Gasteiger partial charge in [-0.3, -0.25) is 0 Å². The molecule has 0 aromatic carbocycles. The molecule has 0 aliphatic rings. The average Bonchev–Trinajstić information content (AvgIpc) is 2.02. The highest BCUT2D eigenvalue weighted by atomic mass is 32.2. The maximum absolute atomic E-state index is 10.6. The van der Waals surface area contributed by atoms with Crippen molar-refractivity contribution >= 4 is 17.7 Å². The summed E-state index contributed by atoms with van der Waals surface area (Å²) < 4.78 is 4.31. The Morgan fingerprint density at radius 3 is 2.73 bits per heavy atom. The summed E-state index contributed by atoms with van der Waals surface area (Å²) in [4.78, 5) is 10.6. The lowest BCUT2D eigenvalue weighted by molar-refractivity contribution is -0.145. The Labute approximate surface area is 70.1 Å². The normalized spacial score (nSPS) is 15.6. The zero-order valence-electron chi connectivity index (χ0n) is 6.61. The molecule has 0 aliphatic carbocycles. The Bertz CT molecular complexity index is 131. The van der Waals surface area contributed by atoms with Gasteiger partial charge < -0.3 is 15.6 Å². The van der Waals surface area contributed by atoms with E-state index in [4.69, 9.17) is 10.8 Å².